The van der Waals surface area contributed by atoms with Gasteiger partial charge in [0.1, 0.15) is 5.75 Å². The van der Waals surface area contributed by atoms with Gasteiger partial charge in [-0.2, -0.15) is 0 Å². The van der Waals surface area contributed by atoms with E-state index in [4.69, 9.17) is 4.74 Å². The van der Waals surface area contributed by atoms with Crippen molar-refractivity contribution in [2.45, 2.75) is 38.2 Å². The van der Waals surface area contributed by atoms with Crippen LogP contribution in [0.25, 0.3) is 0 Å². The van der Waals surface area contributed by atoms with E-state index in [1.54, 1.807) is 6.07 Å². The number of hydrogen-bond donors (Lipinski definition) is 2. The van der Waals surface area contributed by atoms with Crippen molar-refractivity contribution in [2.75, 3.05) is 13.2 Å². The van der Waals surface area contributed by atoms with Gasteiger partial charge in [0.05, 0.1) is 5.60 Å². The van der Waals surface area contributed by atoms with E-state index >= 15 is 0 Å². The Bertz CT molecular complexity index is 494. The summed E-state index contributed by atoms with van der Waals surface area (Å²) in [5, 5.41) is 13.2. The molecular formula is C16H22BrNO3. The Balaban J connectivity index is 1.74. The van der Waals surface area contributed by atoms with Gasteiger partial charge in [-0.25, -0.2) is 0 Å². The van der Waals surface area contributed by atoms with Crippen LogP contribution in [0.3, 0.4) is 0 Å². The number of ether oxygens (including phenoxy) is 1. The number of rotatable bonds is 5. The second-order valence-corrected chi connectivity index (χ2v) is 6.86. The number of halogens is 1. The molecule has 1 aromatic rings. The molecule has 1 aliphatic rings. The Labute approximate surface area is 134 Å². The van der Waals surface area contributed by atoms with E-state index in [1.165, 1.54) is 0 Å². The largest absolute Gasteiger partial charge is 0.484 e. The summed E-state index contributed by atoms with van der Waals surface area (Å²) in [6, 6.07) is 7.36. The van der Waals surface area contributed by atoms with Crippen LogP contribution in [0.2, 0.25) is 0 Å². The van der Waals surface area contributed by atoms with Crippen molar-refractivity contribution in [3.63, 3.8) is 0 Å². The molecule has 0 spiro atoms. The molecule has 0 aliphatic heterocycles. The van der Waals surface area contributed by atoms with E-state index < -0.39 is 5.60 Å². The number of amides is 1. The summed E-state index contributed by atoms with van der Waals surface area (Å²) in [7, 11) is 0. The van der Waals surface area contributed by atoms with E-state index in [2.05, 4.69) is 28.2 Å². The van der Waals surface area contributed by atoms with Crippen LogP contribution in [0, 0.1) is 5.92 Å². The summed E-state index contributed by atoms with van der Waals surface area (Å²) in [5.74, 6) is 0.949. The maximum Gasteiger partial charge on any atom is 0.258 e. The van der Waals surface area contributed by atoms with Crippen LogP contribution < -0.4 is 10.1 Å². The van der Waals surface area contributed by atoms with E-state index in [-0.39, 0.29) is 12.5 Å². The van der Waals surface area contributed by atoms with Crippen LogP contribution in [-0.2, 0) is 4.79 Å². The Kier molecular flexibility index (Phi) is 5.65. The molecule has 0 aromatic heterocycles. The number of aliphatic hydroxyl groups is 1. The second-order valence-electron chi connectivity index (χ2n) is 5.95. The van der Waals surface area contributed by atoms with Crippen molar-refractivity contribution in [3.05, 3.63) is 28.7 Å². The van der Waals surface area contributed by atoms with Crippen molar-refractivity contribution in [1.29, 1.82) is 0 Å². The molecule has 1 aliphatic carbocycles. The van der Waals surface area contributed by atoms with Crippen LogP contribution in [-0.4, -0.2) is 29.8 Å². The number of hydrogen-bond acceptors (Lipinski definition) is 3. The molecule has 0 saturated heterocycles. The molecule has 116 valence electrons. The normalized spacial score (nSPS) is 25.4. The first kappa shape index (κ1) is 16.3. The molecule has 4 nitrogen and oxygen atoms in total. The van der Waals surface area contributed by atoms with Gasteiger partial charge in [-0.15, -0.1) is 0 Å². The SMILES string of the molecule is CC1CCCC(O)(CNC(=O)COc2cccc(Br)c2)C1. The summed E-state index contributed by atoms with van der Waals surface area (Å²) < 4.78 is 6.33. The standard InChI is InChI=1S/C16H22BrNO3/c1-12-4-3-7-16(20,9-12)11-18-15(19)10-21-14-6-2-5-13(17)8-14/h2,5-6,8,12,20H,3-4,7,9-11H2,1H3,(H,18,19). The van der Waals surface area contributed by atoms with Gasteiger partial charge in [0.15, 0.2) is 6.61 Å². The van der Waals surface area contributed by atoms with Crippen LogP contribution >= 0.6 is 15.9 Å². The first-order valence-electron chi connectivity index (χ1n) is 7.34. The lowest BCUT2D eigenvalue weighted by Gasteiger charge is -2.35. The van der Waals surface area contributed by atoms with Crippen molar-refractivity contribution in [1.82, 2.24) is 5.32 Å². The molecular weight excluding hydrogens is 334 g/mol. The minimum atomic E-state index is -0.761. The van der Waals surface area contributed by atoms with Gasteiger partial charge >= 0.3 is 0 Å². The number of nitrogens with one attached hydrogen (secondary N) is 1. The maximum absolute atomic E-state index is 11.8. The fraction of sp³-hybridized carbons (Fsp3) is 0.562. The van der Waals surface area contributed by atoms with Gasteiger partial charge in [-0.05, 0) is 37.0 Å². The summed E-state index contributed by atoms with van der Waals surface area (Å²) in [6.07, 6.45) is 3.67. The fourth-order valence-corrected chi connectivity index (χ4v) is 3.19. The summed E-state index contributed by atoms with van der Waals surface area (Å²) >= 11 is 3.35. The van der Waals surface area contributed by atoms with Crippen molar-refractivity contribution in [2.24, 2.45) is 5.92 Å². The molecule has 2 unspecified atom stereocenters. The van der Waals surface area contributed by atoms with Gasteiger partial charge in [-0.3, -0.25) is 4.79 Å². The highest BCUT2D eigenvalue weighted by molar-refractivity contribution is 9.10. The topological polar surface area (TPSA) is 58.6 Å². The van der Waals surface area contributed by atoms with Crippen LogP contribution in [0.1, 0.15) is 32.6 Å². The van der Waals surface area contributed by atoms with Gasteiger partial charge in [0.2, 0.25) is 0 Å². The molecule has 2 atom stereocenters. The van der Waals surface area contributed by atoms with Crippen LogP contribution in [0.15, 0.2) is 28.7 Å². The zero-order chi connectivity index (χ0) is 15.3. The average molecular weight is 356 g/mol. The highest BCUT2D eigenvalue weighted by Crippen LogP contribution is 2.31. The fourth-order valence-electron chi connectivity index (χ4n) is 2.81. The lowest BCUT2D eigenvalue weighted by atomic mass is 9.79. The lowest BCUT2D eigenvalue weighted by Crippen LogP contribution is -2.46. The van der Waals surface area contributed by atoms with Crippen molar-refractivity contribution < 1.29 is 14.6 Å². The molecule has 1 amide bonds. The summed E-state index contributed by atoms with van der Waals surface area (Å²) in [4.78, 5) is 11.8. The van der Waals surface area contributed by atoms with Gasteiger partial charge in [0, 0.05) is 11.0 Å². The highest BCUT2D eigenvalue weighted by Gasteiger charge is 2.32. The minimum absolute atomic E-state index is 0.0396. The number of carbonyl (C=O) groups is 1. The molecule has 1 aromatic carbocycles. The van der Waals surface area contributed by atoms with E-state index in [0.29, 0.717) is 18.2 Å². The van der Waals surface area contributed by atoms with Gasteiger partial charge in [-0.1, -0.05) is 41.8 Å². The Hall–Kier alpha value is -1.07. The summed E-state index contributed by atoms with van der Waals surface area (Å²) in [6.45, 7) is 2.41. The Morgan fingerprint density at radius 2 is 2.38 bits per heavy atom. The van der Waals surface area contributed by atoms with Crippen molar-refractivity contribution >= 4 is 21.8 Å². The highest BCUT2D eigenvalue weighted by atomic mass is 79.9. The van der Waals surface area contributed by atoms with Crippen LogP contribution in [0.4, 0.5) is 0 Å². The van der Waals surface area contributed by atoms with E-state index in [0.717, 1.165) is 30.2 Å². The van der Waals surface area contributed by atoms with Crippen LogP contribution in [0.5, 0.6) is 5.75 Å². The average Bonchev–Trinajstić information content (AvgIpc) is 2.43. The molecule has 1 saturated carbocycles. The first-order chi connectivity index (χ1) is 9.97. The first-order valence-corrected chi connectivity index (χ1v) is 8.14. The minimum Gasteiger partial charge on any atom is -0.484 e. The number of carbonyl (C=O) groups excluding carboxylic acids is 1. The van der Waals surface area contributed by atoms with Crippen molar-refractivity contribution in [3.8, 4) is 5.75 Å². The Morgan fingerprint density at radius 3 is 3.10 bits per heavy atom. The molecule has 5 heteroatoms. The third-order valence-electron chi connectivity index (χ3n) is 3.85. The molecule has 21 heavy (non-hydrogen) atoms. The molecule has 1 fully saturated rings. The quantitative estimate of drug-likeness (QED) is 0.853. The lowest BCUT2D eigenvalue weighted by molar-refractivity contribution is -0.125. The zero-order valence-corrected chi connectivity index (χ0v) is 13.9. The number of benzene rings is 1. The van der Waals surface area contributed by atoms with E-state index in [1.807, 2.05) is 18.2 Å². The predicted octanol–water partition coefficient (Wildman–Crippen LogP) is 2.89. The summed E-state index contributed by atoms with van der Waals surface area (Å²) in [5.41, 5.74) is -0.761. The van der Waals surface area contributed by atoms with E-state index in [9.17, 15) is 9.90 Å². The smallest absolute Gasteiger partial charge is 0.258 e. The Morgan fingerprint density at radius 1 is 1.57 bits per heavy atom. The third kappa shape index (κ3) is 5.32. The predicted molar refractivity (Wildman–Crippen MR) is 85.2 cm³/mol. The zero-order valence-electron chi connectivity index (χ0n) is 12.3. The third-order valence-corrected chi connectivity index (χ3v) is 4.34. The molecule has 2 rings (SSSR count). The molecule has 0 bridgehead atoms. The maximum atomic E-state index is 11.8. The second kappa shape index (κ2) is 7.27. The monoisotopic (exact) mass is 355 g/mol. The molecule has 0 heterocycles. The van der Waals surface area contributed by atoms with Gasteiger partial charge in [0.25, 0.3) is 5.91 Å². The molecule has 0 radical (unpaired) electrons. The van der Waals surface area contributed by atoms with Gasteiger partial charge < -0.3 is 15.2 Å². The molecule has 2 N–H and O–H groups in total.